The van der Waals surface area contributed by atoms with Crippen LogP contribution < -0.4 is 4.90 Å². The second-order valence-electron chi connectivity index (χ2n) is 19.2. The fourth-order valence-corrected chi connectivity index (χ4v) is 13.5. The molecule has 1 aromatic heterocycles. The summed E-state index contributed by atoms with van der Waals surface area (Å²) in [6, 6.07) is 84.0. The van der Waals surface area contributed by atoms with Gasteiger partial charge in [-0.3, -0.25) is 0 Å². The highest BCUT2D eigenvalue weighted by Crippen LogP contribution is 2.59. The van der Waals surface area contributed by atoms with Gasteiger partial charge in [-0.15, -0.1) is 11.3 Å². The number of thiophene rings is 1. The summed E-state index contributed by atoms with van der Waals surface area (Å²) in [6.45, 7) is 9.30. The number of aryl methyl sites for hydroxylation is 2. The highest BCUT2D eigenvalue weighted by molar-refractivity contribution is 7.27. The van der Waals surface area contributed by atoms with Gasteiger partial charge in [0, 0.05) is 32.1 Å². The predicted molar refractivity (Wildman–Crippen MR) is 289 cm³/mol. The molecule has 11 aromatic rings. The number of hydrogen-bond donors (Lipinski definition) is 0. The lowest BCUT2D eigenvalue weighted by molar-refractivity contribution is 0.660. The number of fused-ring (bicyclic) bond motifs is 9. The number of nitrogens with zero attached hydrogens (tertiary/aromatic N) is 1. The van der Waals surface area contributed by atoms with Crippen LogP contribution in [0.2, 0.25) is 0 Å². The zero-order chi connectivity index (χ0) is 45.7. The van der Waals surface area contributed by atoms with Crippen molar-refractivity contribution in [1.29, 1.82) is 0 Å². The number of hydrogen-bond acceptors (Lipinski definition) is 2. The van der Waals surface area contributed by atoms with Gasteiger partial charge in [-0.1, -0.05) is 214 Å². The van der Waals surface area contributed by atoms with Crippen LogP contribution in [0.4, 0.5) is 17.1 Å². The Balaban J connectivity index is 0.995. The zero-order valence-electron chi connectivity index (χ0n) is 38.7. The van der Waals surface area contributed by atoms with E-state index in [0.29, 0.717) is 0 Å². The molecule has 13 rings (SSSR count). The van der Waals surface area contributed by atoms with Gasteiger partial charge in [0.05, 0.1) is 21.5 Å². The Morgan fingerprint density at radius 1 is 0.382 bits per heavy atom. The molecule has 0 aliphatic heterocycles. The minimum atomic E-state index is -0.449. The van der Waals surface area contributed by atoms with Crippen molar-refractivity contribution >= 4 is 48.6 Å². The number of benzene rings is 10. The van der Waals surface area contributed by atoms with E-state index < -0.39 is 5.41 Å². The minimum Gasteiger partial charge on any atom is -0.308 e. The largest absolute Gasteiger partial charge is 0.308 e. The lowest BCUT2D eigenvalue weighted by Crippen LogP contribution is -2.29. The Morgan fingerprint density at radius 2 is 0.941 bits per heavy atom. The molecule has 10 aromatic carbocycles. The summed E-state index contributed by atoms with van der Waals surface area (Å²) in [7, 11) is 0. The van der Waals surface area contributed by atoms with Crippen molar-refractivity contribution in [3.8, 4) is 44.5 Å². The molecule has 1 heterocycles. The van der Waals surface area contributed by atoms with Crippen LogP contribution in [0.15, 0.2) is 224 Å². The van der Waals surface area contributed by atoms with Gasteiger partial charge in [-0.25, -0.2) is 0 Å². The molecule has 1 atom stereocenters. The van der Waals surface area contributed by atoms with E-state index in [0.717, 1.165) is 11.4 Å². The van der Waals surface area contributed by atoms with Crippen molar-refractivity contribution in [2.45, 2.75) is 38.5 Å². The molecule has 0 radical (unpaired) electrons. The van der Waals surface area contributed by atoms with Gasteiger partial charge in [0.25, 0.3) is 0 Å². The number of rotatable bonds is 7. The Bertz CT molecular complexity index is 3780. The van der Waals surface area contributed by atoms with Crippen LogP contribution in [0.5, 0.6) is 0 Å². The lowest BCUT2D eigenvalue weighted by Gasteiger charge is -2.35. The van der Waals surface area contributed by atoms with Gasteiger partial charge in [-0.2, -0.15) is 0 Å². The standard InChI is InChI=1S/C66H49NS/c1-42-19-16-32-57-61(42)55-30-15-20-43(2)62(55)66(57,46-23-9-6-10-24-46)47-37-35-45(36-38-47)50-27-17-28-53-54-29-18-34-60(64(54)68-63(50)53)67(59-33-14-12-25-49(59)44-21-7-5-8-22-44)48-39-40-52-51-26-11-13-31-56(51)65(3,4)58(52)41-48/h5-41H,1-4H3. The molecule has 0 saturated carbocycles. The molecule has 2 aliphatic rings. The van der Waals surface area contributed by atoms with Gasteiger partial charge in [0.2, 0.25) is 0 Å². The monoisotopic (exact) mass is 887 g/mol. The number of anilines is 3. The molecule has 0 bridgehead atoms. The molecule has 0 fully saturated rings. The first-order chi connectivity index (χ1) is 33.3. The quantitative estimate of drug-likeness (QED) is 0.154. The van der Waals surface area contributed by atoms with Crippen molar-refractivity contribution in [2.24, 2.45) is 0 Å². The maximum Gasteiger partial charge on any atom is 0.0716 e. The average molecular weight is 888 g/mol. The zero-order valence-corrected chi connectivity index (χ0v) is 39.5. The van der Waals surface area contributed by atoms with Gasteiger partial charge in [0.1, 0.15) is 0 Å². The fourth-order valence-electron chi connectivity index (χ4n) is 12.2. The molecule has 68 heavy (non-hydrogen) atoms. The molecular formula is C66H49NS. The van der Waals surface area contributed by atoms with Crippen molar-refractivity contribution in [3.63, 3.8) is 0 Å². The van der Waals surface area contributed by atoms with E-state index in [4.69, 9.17) is 0 Å². The summed E-state index contributed by atoms with van der Waals surface area (Å²) in [6.07, 6.45) is 0. The smallest absolute Gasteiger partial charge is 0.0716 e. The maximum absolute atomic E-state index is 2.53. The van der Waals surface area contributed by atoms with Crippen LogP contribution in [-0.4, -0.2) is 0 Å². The van der Waals surface area contributed by atoms with Crippen LogP contribution >= 0.6 is 11.3 Å². The third kappa shape index (κ3) is 5.80. The molecule has 324 valence electrons. The van der Waals surface area contributed by atoms with E-state index in [-0.39, 0.29) is 5.41 Å². The molecule has 0 spiro atoms. The van der Waals surface area contributed by atoms with Crippen LogP contribution in [0.3, 0.4) is 0 Å². The molecule has 0 saturated heterocycles. The van der Waals surface area contributed by atoms with Crippen molar-refractivity contribution in [1.82, 2.24) is 0 Å². The topological polar surface area (TPSA) is 3.24 Å². The van der Waals surface area contributed by atoms with Gasteiger partial charge in [-0.05, 0) is 122 Å². The molecule has 2 aliphatic carbocycles. The Kier molecular flexibility index (Phi) is 9.16. The van der Waals surface area contributed by atoms with E-state index in [1.165, 1.54) is 115 Å². The summed E-state index contributed by atoms with van der Waals surface area (Å²) in [5, 5.41) is 2.55. The van der Waals surface area contributed by atoms with E-state index in [9.17, 15) is 0 Å². The van der Waals surface area contributed by atoms with E-state index in [1.54, 1.807) is 0 Å². The second-order valence-corrected chi connectivity index (χ2v) is 20.3. The average Bonchev–Trinajstić information content (AvgIpc) is 4.00. The van der Waals surface area contributed by atoms with Gasteiger partial charge < -0.3 is 4.90 Å². The predicted octanol–water partition coefficient (Wildman–Crippen LogP) is 18.1. The molecule has 1 unspecified atom stereocenters. The maximum atomic E-state index is 2.53. The van der Waals surface area contributed by atoms with Crippen molar-refractivity contribution in [3.05, 3.63) is 269 Å². The van der Waals surface area contributed by atoms with E-state index >= 15 is 0 Å². The summed E-state index contributed by atoms with van der Waals surface area (Å²) in [5.74, 6) is 0. The first kappa shape index (κ1) is 40.5. The Hall–Kier alpha value is -7.78. The molecule has 0 N–H and O–H groups in total. The molecule has 0 amide bonds. The highest BCUT2D eigenvalue weighted by atomic mass is 32.1. The van der Waals surface area contributed by atoms with Crippen LogP contribution in [0.25, 0.3) is 64.7 Å². The van der Waals surface area contributed by atoms with Crippen LogP contribution in [0, 0.1) is 13.8 Å². The van der Waals surface area contributed by atoms with Crippen molar-refractivity contribution in [2.75, 3.05) is 4.90 Å². The molecule has 1 nitrogen and oxygen atoms in total. The summed E-state index contributed by atoms with van der Waals surface area (Å²) in [5.41, 5.74) is 23.8. The highest BCUT2D eigenvalue weighted by Gasteiger charge is 2.47. The second kappa shape index (κ2) is 15.4. The third-order valence-electron chi connectivity index (χ3n) is 15.2. The van der Waals surface area contributed by atoms with Crippen LogP contribution in [-0.2, 0) is 10.8 Å². The van der Waals surface area contributed by atoms with Crippen LogP contribution in [0.1, 0.15) is 58.4 Å². The van der Waals surface area contributed by atoms with Gasteiger partial charge >= 0.3 is 0 Å². The van der Waals surface area contributed by atoms with E-state index in [2.05, 4.69) is 257 Å². The fraction of sp³-hybridized carbons (Fsp3) is 0.0909. The summed E-state index contributed by atoms with van der Waals surface area (Å²) >= 11 is 1.91. The van der Waals surface area contributed by atoms with E-state index in [1.807, 2.05) is 11.3 Å². The van der Waals surface area contributed by atoms with Gasteiger partial charge in [0.15, 0.2) is 0 Å². The first-order valence-electron chi connectivity index (χ1n) is 23.8. The lowest BCUT2D eigenvalue weighted by atomic mass is 9.66. The summed E-state index contributed by atoms with van der Waals surface area (Å²) < 4.78 is 2.57. The number of para-hydroxylation sites is 1. The summed E-state index contributed by atoms with van der Waals surface area (Å²) in [4.78, 5) is 2.53. The SMILES string of the molecule is Cc1cccc2c1-c1cccc(C)c1C2(c1ccccc1)c1ccc(-c2cccc3c2sc2c(N(c4ccc5c(c4)C(C)(C)c4ccccc4-5)c4ccccc4-c4ccccc4)cccc23)cc1. The molecule has 2 heteroatoms. The Morgan fingerprint density at radius 3 is 1.75 bits per heavy atom. The normalized spacial score (nSPS) is 15.2. The van der Waals surface area contributed by atoms with Crippen molar-refractivity contribution < 1.29 is 0 Å². The molecular weight excluding hydrogens is 839 g/mol. The third-order valence-corrected chi connectivity index (χ3v) is 16.5. The minimum absolute atomic E-state index is 0.135. The first-order valence-corrected chi connectivity index (χ1v) is 24.7. The Labute approximate surface area is 403 Å².